The van der Waals surface area contributed by atoms with E-state index in [2.05, 4.69) is 48.3 Å². The number of amides is 1. The molecule has 12 heteroatoms. The number of thioether (sulfide) groups is 1. The van der Waals surface area contributed by atoms with E-state index in [1.54, 1.807) is 30.6 Å². The van der Waals surface area contributed by atoms with E-state index in [-0.39, 0.29) is 17.4 Å². The van der Waals surface area contributed by atoms with Crippen LogP contribution >= 0.6 is 68.5 Å². The lowest BCUT2D eigenvalue weighted by molar-refractivity contribution is -0.118. The third-order valence-electron chi connectivity index (χ3n) is 4.44. The maximum absolute atomic E-state index is 12.4. The van der Waals surface area contributed by atoms with Crippen molar-refractivity contribution in [3.63, 3.8) is 0 Å². The van der Waals surface area contributed by atoms with Gasteiger partial charge in [-0.15, -0.1) is 10.2 Å². The van der Waals surface area contributed by atoms with Gasteiger partial charge in [0.25, 0.3) is 5.91 Å². The van der Waals surface area contributed by atoms with Crippen molar-refractivity contribution in [1.82, 2.24) is 25.2 Å². The van der Waals surface area contributed by atoms with Gasteiger partial charge in [-0.3, -0.25) is 14.3 Å². The van der Waals surface area contributed by atoms with E-state index in [0.29, 0.717) is 25.1 Å². The standard InChI is InChI=1S/C22H15ClI2N6O2S/c23-15-1-3-17(4-2-15)31-21(13-5-7-26-8-6-13)29-30-22(31)34-12-19(32)28-27-11-14-9-16(24)10-18(25)20(14)33/h1-11,33H,12H2,(H,28,32). The van der Waals surface area contributed by atoms with E-state index >= 15 is 0 Å². The van der Waals surface area contributed by atoms with E-state index in [1.165, 1.54) is 18.0 Å². The van der Waals surface area contributed by atoms with E-state index in [1.807, 2.05) is 57.5 Å². The third-order valence-corrected chi connectivity index (χ3v) is 7.07. The van der Waals surface area contributed by atoms with Gasteiger partial charge in [-0.25, -0.2) is 5.43 Å². The van der Waals surface area contributed by atoms with Crippen LogP contribution in [0.5, 0.6) is 5.75 Å². The normalized spacial score (nSPS) is 11.1. The van der Waals surface area contributed by atoms with Crippen LogP contribution in [0.25, 0.3) is 17.1 Å². The van der Waals surface area contributed by atoms with Crippen LogP contribution in [-0.2, 0) is 4.79 Å². The molecule has 0 aliphatic carbocycles. The number of hydrogen-bond acceptors (Lipinski definition) is 7. The van der Waals surface area contributed by atoms with Crippen LogP contribution in [0.4, 0.5) is 0 Å². The minimum Gasteiger partial charge on any atom is -0.506 e. The Bertz CT molecular complexity index is 1350. The largest absolute Gasteiger partial charge is 0.506 e. The Hall–Kier alpha value is -2.23. The highest BCUT2D eigenvalue weighted by Crippen LogP contribution is 2.28. The van der Waals surface area contributed by atoms with Crippen molar-refractivity contribution >= 4 is 80.7 Å². The van der Waals surface area contributed by atoms with Gasteiger partial charge in [0.05, 0.1) is 15.5 Å². The molecule has 34 heavy (non-hydrogen) atoms. The van der Waals surface area contributed by atoms with Crippen LogP contribution in [0.3, 0.4) is 0 Å². The maximum atomic E-state index is 12.4. The van der Waals surface area contributed by atoms with Crippen LogP contribution in [0.1, 0.15) is 5.56 Å². The van der Waals surface area contributed by atoms with E-state index < -0.39 is 0 Å². The van der Waals surface area contributed by atoms with Crippen molar-refractivity contribution in [2.24, 2.45) is 5.10 Å². The summed E-state index contributed by atoms with van der Waals surface area (Å²) < 4.78 is 3.52. The number of benzene rings is 2. The molecule has 2 heterocycles. The number of nitrogens with zero attached hydrogens (tertiary/aromatic N) is 5. The Morgan fingerprint density at radius 1 is 1.15 bits per heavy atom. The number of phenolic OH excluding ortho intramolecular Hbond substituents is 1. The van der Waals surface area contributed by atoms with E-state index in [4.69, 9.17) is 11.6 Å². The monoisotopic (exact) mass is 716 g/mol. The molecule has 0 radical (unpaired) electrons. The molecule has 8 nitrogen and oxygen atoms in total. The second-order valence-electron chi connectivity index (χ2n) is 6.76. The number of carbonyl (C=O) groups is 1. The first-order valence-electron chi connectivity index (χ1n) is 9.67. The molecule has 0 fully saturated rings. The molecule has 0 saturated carbocycles. The Morgan fingerprint density at radius 2 is 1.88 bits per heavy atom. The summed E-state index contributed by atoms with van der Waals surface area (Å²) in [6, 6.07) is 14.6. The molecule has 2 aromatic heterocycles. The first kappa shape index (κ1) is 24.9. The second kappa shape index (κ2) is 11.5. The molecule has 0 aliphatic rings. The highest BCUT2D eigenvalue weighted by molar-refractivity contribution is 14.1. The predicted octanol–water partition coefficient (Wildman–Crippen LogP) is 5.14. The zero-order valence-electron chi connectivity index (χ0n) is 17.2. The molecule has 0 saturated heterocycles. The average molecular weight is 717 g/mol. The number of carbonyl (C=O) groups excluding carboxylic acids is 1. The maximum Gasteiger partial charge on any atom is 0.250 e. The molecule has 0 unspecified atom stereocenters. The lowest BCUT2D eigenvalue weighted by Gasteiger charge is -2.10. The van der Waals surface area contributed by atoms with Crippen molar-refractivity contribution in [3.05, 3.63) is 78.7 Å². The summed E-state index contributed by atoms with van der Waals surface area (Å²) in [4.78, 5) is 16.5. The number of rotatable bonds is 7. The van der Waals surface area contributed by atoms with Gasteiger partial charge >= 0.3 is 0 Å². The van der Waals surface area contributed by atoms with Gasteiger partial charge in [0.2, 0.25) is 0 Å². The highest BCUT2D eigenvalue weighted by Gasteiger charge is 2.17. The fourth-order valence-electron chi connectivity index (χ4n) is 2.89. The number of aromatic nitrogens is 4. The summed E-state index contributed by atoms with van der Waals surface area (Å²) in [5, 5.41) is 23.9. The van der Waals surface area contributed by atoms with Crippen LogP contribution < -0.4 is 5.43 Å². The minimum absolute atomic E-state index is 0.0647. The fraction of sp³-hybridized carbons (Fsp3) is 0.0455. The lowest BCUT2D eigenvalue weighted by atomic mass is 10.2. The van der Waals surface area contributed by atoms with Crippen molar-refractivity contribution in [1.29, 1.82) is 0 Å². The number of halogens is 3. The minimum atomic E-state index is -0.322. The first-order valence-corrected chi connectivity index (χ1v) is 13.2. The third kappa shape index (κ3) is 6.06. The van der Waals surface area contributed by atoms with E-state index in [0.717, 1.165) is 14.8 Å². The van der Waals surface area contributed by atoms with E-state index in [9.17, 15) is 9.90 Å². The average Bonchev–Trinajstić information content (AvgIpc) is 3.26. The molecular formula is C22H15ClI2N6O2S. The van der Waals surface area contributed by atoms with Crippen molar-refractivity contribution in [2.45, 2.75) is 5.16 Å². The molecule has 2 aromatic carbocycles. The number of nitrogens with one attached hydrogen (secondary N) is 1. The predicted molar refractivity (Wildman–Crippen MR) is 150 cm³/mol. The van der Waals surface area contributed by atoms with Crippen LogP contribution in [0.15, 0.2) is 71.2 Å². The summed E-state index contributed by atoms with van der Waals surface area (Å²) in [5.74, 6) is 0.481. The summed E-state index contributed by atoms with van der Waals surface area (Å²) in [6.07, 6.45) is 4.78. The van der Waals surface area contributed by atoms with Gasteiger partial charge in [-0.05, 0) is 93.7 Å². The molecule has 0 spiro atoms. The van der Waals surface area contributed by atoms with Gasteiger partial charge in [-0.2, -0.15) is 5.10 Å². The number of pyridine rings is 1. The number of hydrogen-bond donors (Lipinski definition) is 2. The van der Waals surface area contributed by atoms with Gasteiger partial charge in [0, 0.05) is 37.8 Å². The van der Waals surface area contributed by atoms with Crippen LogP contribution in [0.2, 0.25) is 5.02 Å². The van der Waals surface area contributed by atoms with Gasteiger partial charge in [0.1, 0.15) is 5.75 Å². The Morgan fingerprint density at radius 3 is 2.62 bits per heavy atom. The molecule has 0 aliphatic heterocycles. The van der Waals surface area contributed by atoms with Crippen molar-refractivity contribution in [2.75, 3.05) is 5.75 Å². The van der Waals surface area contributed by atoms with Gasteiger partial charge < -0.3 is 5.11 Å². The summed E-state index contributed by atoms with van der Waals surface area (Å²) >= 11 is 11.5. The smallest absolute Gasteiger partial charge is 0.250 e. The first-order chi connectivity index (χ1) is 16.4. The number of aromatic hydroxyl groups is 1. The van der Waals surface area contributed by atoms with Crippen LogP contribution in [0, 0.1) is 7.14 Å². The lowest BCUT2D eigenvalue weighted by Crippen LogP contribution is -2.20. The zero-order chi connectivity index (χ0) is 24.1. The number of phenols is 1. The van der Waals surface area contributed by atoms with Crippen molar-refractivity contribution < 1.29 is 9.90 Å². The van der Waals surface area contributed by atoms with Crippen molar-refractivity contribution in [3.8, 4) is 22.8 Å². The molecule has 0 bridgehead atoms. The SMILES string of the molecule is O=C(CSc1nnc(-c2ccncc2)n1-c1ccc(Cl)cc1)NN=Cc1cc(I)cc(I)c1O. The quantitative estimate of drug-likeness (QED) is 0.119. The molecular weight excluding hydrogens is 702 g/mol. The zero-order valence-corrected chi connectivity index (χ0v) is 23.1. The number of hydrazone groups is 1. The summed E-state index contributed by atoms with van der Waals surface area (Å²) in [7, 11) is 0. The molecule has 4 aromatic rings. The molecule has 2 N–H and O–H groups in total. The fourth-order valence-corrected chi connectivity index (χ4v) is 5.65. The second-order valence-corrected chi connectivity index (χ2v) is 10.5. The summed E-state index contributed by atoms with van der Waals surface area (Å²) in [6.45, 7) is 0. The Balaban J connectivity index is 1.50. The highest BCUT2D eigenvalue weighted by atomic mass is 127. The Kier molecular flexibility index (Phi) is 8.39. The van der Waals surface area contributed by atoms with Gasteiger partial charge in [0.15, 0.2) is 11.0 Å². The molecule has 0 atom stereocenters. The summed E-state index contributed by atoms with van der Waals surface area (Å²) in [5.41, 5.74) is 4.65. The Labute approximate surface area is 231 Å². The van der Waals surface area contributed by atoms with Crippen LogP contribution in [-0.4, -0.2) is 42.7 Å². The molecule has 1 amide bonds. The van der Waals surface area contributed by atoms with Gasteiger partial charge in [-0.1, -0.05) is 23.4 Å². The molecule has 172 valence electrons. The molecule has 4 rings (SSSR count). The topological polar surface area (TPSA) is 105 Å².